The Balaban J connectivity index is 4.07. The van der Waals surface area contributed by atoms with Crippen LogP contribution in [0.5, 0.6) is 0 Å². The Morgan fingerprint density at radius 2 is 0.912 bits per heavy atom. The Hall–Kier alpha value is -1.51. The molecule has 10 heteroatoms. The predicted octanol–water partition coefficient (Wildman–Crippen LogP) is 13.9. The first-order valence-corrected chi connectivity index (χ1v) is 25.3. The lowest BCUT2D eigenvalue weighted by molar-refractivity contribution is -0.161. The SMILES string of the molecule is CCCCCCCC/C=C/C/C=C/CCCCC(=O)O[C@@H](COC(=O)CCCCCCCCCCCCCCCCCCCCCCC)COP(=O)(O)OCCN. The summed E-state index contributed by atoms with van der Waals surface area (Å²) in [5.41, 5.74) is 5.35. The van der Waals surface area contributed by atoms with Crippen LogP contribution in [0.25, 0.3) is 0 Å². The van der Waals surface area contributed by atoms with Crippen LogP contribution in [0.2, 0.25) is 0 Å². The molecule has 0 aliphatic heterocycles. The third-order valence-electron chi connectivity index (χ3n) is 10.3. The van der Waals surface area contributed by atoms with E-state index < -0.39 is 26.5 Å². The zero-order valence-corrected chi connectivity index (χ0v) is 38.0. The van der Waals surface area contributed by atoms with Crippen molar-refractivity contribution >= 4 is 19.8 Å². The number of phosphoric acid groups is 1. The van der Waals surface area contributed by atoms with Crippen LogP contribution in [-0.2, 0) is 32.7 Å². The van der Waals surface area contributed by atoms with Gasteiger partial charge in [0.1, 0.15) is 6.61 Å². The number of rotatable bonds is 45. The van der Waals surface area contributed by atoms with E-state index >= 15 is 0 Å². The van der Waals surface area contributed by atoms with Crippen molar-refractivity contribution in [3.05, 3.63) is 24.3 Å². The zero-order chi connectivity index (χ0) is 41.8. The van der Waals surface area contributed by atoms with E-state index in [4.69, 9.17) is 24.3 Å². The van der Waals surface area contributed by atoms with Gasteiger partial charge in [0.15, 0.2) is 6.10 Å². The van der Waals surface area contributed by atoms with Crippen LogP contribution < -0.4 is 5.73 Å². The van der Waals surface area contributed by atoms with Crippen molar-refractivity contribution in [1.82, 2.24) is 0 Å². The molecular weight excluding hydrogens is 737 g/mol. The fraction of sp³-hybridized carbons (Fsp3) is 0.872. The Labute approximate surface area is 351 Å². The van der Waals surface area contributed by atoms with Crippen LogP contribution >= 0.6 is 7.82 Å². The third-order valence-corrected chi connectivity index (χ3v) is 11.3. The van der Waals surface area contributed by atoms with Gasteiger partial charge in [-0.1, -0.05) is 199 Å². The van der Waals surface area contributed by atoms with Gasteiger partial charge in [0.2, 0.25) is 0 Å². The van der Waals surface area contributed by atoms with E-state index in [1.54, 1.807) is 0 Å². The van der Waals surface area contributed by atoms with Crippen LogP contribution in [0.1, 0.15) is 232 Å². The lowest BCUT2D eigenvalue weighted by Gasteiger charge is -2.19. The molecule has 3 N–H and O–H groups in total. The first-order valence-electron chi connectivity index (χ1n) is 23.8. The number of hydrogen-bond donors (Lipinski definition) is 2. The van der Waals surface area contributed by atoms with Gasteiger partial charge in [0, 0.05) is 19.4 Å². The van der Waals surface area contributed by atoms with Crippen LogP contribution in [0.3, 0.4) is 0 Å². The molecule has 0 aliphatic carbocycles. The zero-order valence-electron chi connectivity index (χ0n) is 37.1. The van der Waals surface area contributed by atoms with E-state index in [0.29, 0.717) is 6.42 Å². The molecule has 0 aromatic rings. The van der Waals surface area contributed by atoms with Gasteiger partial charge in [0.05, 0.1) is 13.2 Å². The van der Waals surface area contributed by atoms with Crippen molar-refractivity contribution < 1.29 is 37.6 Å². The lowest BCUT2D eigenvalue weighted by atomic mass is 10.0. The fourth-order valence-electron chi connectivity index (χ4n) is 6.78. The number of carbonyl (C=O) groups excluding carboxylic acids is 2. The third kappa shape index (κ3) is 43.9. The van der Waals surface area contributed by atoms with Gasteiger partial charge in [0.25, 0.3) is 0 Å². The summed E-state index contributed by atoms with van der Waals surface area (Å²) in [5.74, 6) is -0.856. The number of carbonyl (C=O) groups is 2. The molecular formula is C47H90NO8P. The summed E-state index contributed by atoms with van der Waals surface area (Å²) < 4.78 is 32.8. The van der Waals surface area contributed by atoms with Gasteiger partial charge >= 0.3 is 19.8 Å². The highest BCUT2D eigenvalue weighted by molar-refractivity contribution is 7.47. The van der Waals surface area contributed by atoms with E-state index in [-0.39, 0.29) is 38.6 Å². The standard InChI is InChI=1S/C47H90NO8P/c1-3-5-7-9-11-13-15-17-19-20-21-22-23-24-26-27-29-31-33-35-37-39-46(49)53-43-45(44-55-57(51,52)54-42-41-48)56-47(50)40-38-36-34-32-30-28-25-18-16-14-12-10-8-6-4-2/h18,25,30,32,45H,3-17,19-24,26-29,31,33-44,48H2,1-2H3,(H,51,52)/b25-18+,32-30+/t45-/m0/s1. The quantitative estimate of drug-likeness (QED) is 0.0266. The highest BCUT2D eigenvalue weighted by atomic mass is 31.2. The molecule has 0 radical (unpaired) electrons. The number of ether oxygens (including phenoxy) is 2. The van der Waals surface area contributed by atoms with Crippen LogP contribution in [0, 0.1) is 0 Å². The number of phosphoric ester groups is 1. The van der Waals surface area contributed by atoms with Crippen molar-refractivity contribution in [2.24, 2.45) is 5.73 Å². The lowest BCUT2D eigenvalue weighted by Crippen LogP contribution is -2.29. The second kappa shape index (κ2) is 44.1. The highest BCUT2D eigenvalue weighted by Crippen LogP contribution is 2.43. The normalized spacial score (nSPS) is 13.4. The van der Waals surface area contributed by atoms with Crippen molar-refractivity contribution in [1.29, 1.82) is 0 Å². The van der Waals surface area contributed by atoms with Crippen LogP contribution in [0.15, 0.2) is 24.3 Å². The molecule has 336 valence electrons. The molecule has 0 heterocycles. The van der Waals surface area contributed by atoms with Gasteiger partial charge in [-0.3, -0.25) is 18.6 Å². The monoisotopic (exact) mass is 828 g/mol. The Morgan fingerprint density at radius 3 is 1.37 bits per heavy atom. The molecule has 0 aliphatic rings. The molecule has 0 saturated heterocycles. The first kappa shape index (κ1) is 55.5. The average Bonchev–Trinajstić information content (AvgIpc) is 3.20. The number of unbranched alkanes of at least 4 members (excludes halogenated alkanes) is 28. The van der Waals surface area contributed by atoms with E-state index in [1.807, 2.05) is 0 Å². The molecule has 0 amide bonds. The molecule has 1 unspecified atom stereocenters. The maximum absolute atomic E-state index is 12.6. The van der Waals surface area contributed by atoms with E-state index in [1.165, 1.54) is 154 Å². The van der Waals surface area contributed by atoms with Gasteiger partial charge in [-0.15, -0.1) is 0 Å². The van der Waals surface area contributed by atoms with Crippen molar-refractivity contribution in [3.8, 4) is 0 Å². The summed E-state index contributed by atoms with van der Waals surface area (Å²) in [4.78, 5) is 34.9. The number of nitrogens with two attached hydrogens (primary N) is 1. The van der Waals surface area contributed by atoms with Gasteiger partial charge in [-0.2, -0.15) is 0 Å². The summed E-state index contributed by atoms with van der Waals surface area (Å²) in [6.07, 6.45) is 47.9. The molecule has 9 nitrogen and oxygen atoms in total. The largest absolute Gasteiger partial charge is 0.472 e. The topological polar surface area (TPSA) is 134 Å². The van der Waals surface area contributed by atoms with Crippen molar-refractivity contribution in [3.63, 3.8) is 0 Å². The van der Waals surface area contributed by atoms with E-state index in [0.717, 1.165) is 44.9 Å². The fourth-order valence-corrected chi connectivity index (χ4v) is 7.55. The molecule has 57 heavy (non-hydrogen) atoms. The Morgan fingerprint density at radius 1 is 0.526 bits per heavy atom. The Kier molecular flexibility index (Phi) is 42.9. The summed E-state index contributed by atoms with van der Waals surface area (Å²) in [6.45, 7) is 3.72. The molecule has 0 aromatic heterocycles. The molecule has 0 spiro atoms. The van der Waals surface area contributed by atoms with Gasteiger partial charge < -0.3 is 20.1 Å². The molecule has 0 rings (SSSR count). The minimum Gasteiger partial charge on any atom is -0.462 e. The molecule has 0 fully saturated rings. The summed E-state index contributed by atoms with van der Waals surface area (Å²) >= 11 is 0. The van der Waals surface area contributed by atoms with Crippen LogP contribution in [-0.4, -0.2) is 49.3 Å². The minimum atomic E-state index is -4.38. The molecule has 0 saturated carbocycles. The van der Waals surface area contributed by atoms with E-state index in [9.17, 15) is 19.0 Å². The second-order valence-electron chi connectivity index (χ2n) is 16.0. The van der Waals surface area contributed by atoms with E-state index in [2.05, 4.69) is 38.2 Å². The first-order chi connectivity index (χ1) is 27.8. The maximum atomic E-state index is 12.6. The summed E-state index contributed by atoms with van der Waals surface area (Å²) in [7, 11) is -4.38. The van der Waals surface area contributed by atoms with Gasteiger partial charge in [-0.25, -0.2) is 4.57 Å². The predicted molar refractivity (Wildman–Crippen MR) is 238 cm³/mol. The summed E-state index contributed by atoms with van der Waals surface area (Å²) in [6, 6.07) is 0. The van der Waals surface area contributed by atoms with Crippen molar-refractivity contribution in [2.75, 3.05) is 26.4 Å². The smallest absolute Gasteiger partial charge is 0.462 e. The second-order valence-corrected chi connectivity index (χ2v) is 17.4. The maximum Gasteiger partial charge on any atom is 0.472 e. The van der Waals surface area contributed by atoms with Crippen LogP contribution in [0.4, 0.5) is 0 Å². The van der Waals surface area contributed by atoms with Crippen molar-refractivity contribution in [2.45, 2.75) is 238 Å². The molecule has 0 bridgehead atoms. The minimum absolute atomic E-state index is 0.0502. The molecule has 0 aromatic carbocycles. The number of hydrogen-bond acceptors (Lipinski definition) is 8. The number of allylic oxidation sites excluding steroid dienone is 4. The van der Waals surface area contributed by atoms with Gasteiger partial charge in [-0.05, 0) is 44.9 Å². The highest BCUT2D eigenvalue weighted by Gasteiger charge is 2.26. The Bertz CT molecular complexity index is 990. The number of esters is 2. The summed E-state index contributed by atoms with van der Waals surface area (Å²) in [5, 5.41) is 0. The average molecular weight is 828 g/mol. The molecule has 2 atom stereocenters.